The zero-order valence-electron chi connectivity index (χ0n) is 21.0. The fraction of sp³-hybridized carbons (Fsp3) is 0.267. The van der Waals surface area contributed by atoms with Crippen molar-refractivity contribution in [3.63, 3.8) is 0 Å². The molecule has 0 aromatic heterocycles. The summed E-state index contributed by atoms with van der Waals surface area (Å²) >= 11 is 3.44. The maximum absolute atomic E-state index is 14.6. The Morgan fingerprint density at radius 3 is 2.24 bits per heavy atom. The first kappa shape index (κ1) is 24.6. The lowest BCUT2D eigenvalue weighted by molar-refractivity contribution is -0.144. The molecule has 5 amide bonds. The number of aryl methyl sites for hydroxylation is 1. The first-order valence-corrected chi connectivity index (χ1v) is 13.5. The van der Waals surface area contributed by atoms with E-state index in [2.05, 4.69) is 15.9 Å². The van der Waals surface area contributed by atoms with E-state index in [0.29, 0.717) is 5.69 Å². The summed E-state index contributed by atoms with van der Waals surface area (Å²) < 4.78 is 0.719. The number of halogens is 1. The molecule has 3 aromatic carbocycles. The first-order chi connectivity index (χ1) is 18.3. The van der Waals surface area contributed by atoms with Crippen molar-refractivity contribution >= 4 is 45.4 Å². The molecule has 0 N–H and O–H groups in total. The second kappa shape index (κ2) is 8.91. The molecule has 0 spiro atoms. The average Bonchev–Trinajstić information content (AvgIpc) is 3.42. The van der Waals surface area contributed by atoms with Gasteiger partial charge >= 0.3 is 6.03 Å². The predicted octanol–water partition coefficient (Wildman–Crippen LogP) is 4.88. The Kier molecular flexibility index (Phi) is 5.76. The fourth-order valence-electron chi connectivity index (χ4n) is 6.50. The van der Waals surface area contributed by atoms with Gasteiger partial charge in [0, 0.05) is 17.4 Å². The molecular weight excluding hydrogens is 546 g/mol. The Labute approximate surface area is 229 Å². The van der Waals surface area contributed by atoms with Crippen LogP contribution in [0.4, 0.5) is 10.5 Å². The maximum atomic E-state index is 14.6. The first-order valence-electron chi connectivity index (χ1n) is 12.7. The number of amides is 5. The monoisotopic (exact) mass is 571 g/mol. The van der Waals surface area contributed by atoms with Crippen LogP contribution in [0.15, 0.2) is 83.3 Å². The van der Waals surface area contributed by atoms with E-state index in [9.17, 15) is 19.2 Å². The number of likely N-dealkylation sites (tertiary alicyclic amines) is 1. The van der Waals surface area contributed by atoms with Crippen LogP contribution in [-0.2, 0) is 20.8 Å². The van der Waals surface area contributed by atoms with E-state index < -0.39 is 41.3 Å². The molecule has 3 aliphatic rings. The molecule has 0 bridgehead atoms. The molecule has 0 saturated carbocycles. The van der Waals surface area contributed by atoms with E-state index in [-0.39, 0.29) is 18.9 Å². The van der Waals surface area contributed by atoms with Gasteiger partial charge in [0.25, 0.3) is 5.91 Å². The highest BCUT2D eigenvalue weighted by molar-refractivity contribution is 9.10. The van der Waals surface area contributed by atoms with Crippen LogP contribution in [0.3, 0.4) is 0 Å². The van der Waals surface area contributed by atoms with Crippen LogP contribution in [-0.4, -0.2) is 45.6 Å². The van der Waals surface area contributed by atoms with Crippen molar-refractivity contribution in [3.8, 4) is 0 Å². The zero-order valence-corrected chi connectivity index (χ0v) is 22.6. The number of carbonyl (C=O) groups is 4. The van der Waals surface area contributed by atoms with Gasteiger partial charge in [-0.3, -0.25) is 19.3 Å². The number of anilines is 1. The Hall–Kier alpha value is -3.78. The number of hydrogen-bond donors (Lipinski definition) is 0. The van der Waals surface area contributed by atoms with E-state index in [4.69, 9.17) is 0 Å². The van der Waals surface area contributed by atoms with Crippen LogP contribution >= 0.6 is 15.9 Å². The van der Waals surface area contributed by atoms with Gasteiger partial charge in [-0.1, -0.05) is 82.2 Å². The quantitative estimate of drug-likeness (QED) is 0.323. The molecule has 3 aliphatic heterocycles. The number of rotatable bonds is 5. The number of hydrogen-bond acceptors (Lipinski definition) is 4. The summed E-state index contributed by atoms with van der Waals surface area (Å²) in [7, 11) is 0. The molecule has 4 atom stereocenters. The minimum absolute atomic E-state index is 0.128. The number of urea groups is 1. The van der Waals surface area contributed by atoms with Crippen molar-refractivity contribution in [2.45, 2.75) is 31.8 Å². The van der Waals surface area contributed by atoms with Crippen LogP contribution < -0.4 is 4.90 Å². The Morgan fingerprint density at radius 2 is 1.58 bits per heavy atom. The molecule has 0 aliphatic carbocycles. The SMILES string of the molecule is CCN1C(=O)[C@H]2[C@@H](c3ccc(C)cc3)N3C(=O)N(c4cccc(Br)c4)C(=O)[C@@]3(Cc3ccccc3)[C@H]2C1=O. The van der Waals surface area contributed by atoms with Crippen molar-refractivity contribution in [2.24, 2.45) is 11.8 Å². The number of fused-ring (bicyclic) bond motifs is 3. The van der Waals surface area contributed by atoms with Crippen LogP contribution in [0.25, 0.3) is 0 Å². The van der Waals surface area contributed by atoms with Crippen LogP contribution in [0.1, 0.15) is 29.7 Å². The summed E-state index contributed by atoms with van der Waals surface area (Å²) in [6.45, 7) is 3.93. The molecule has 8 heteroatoms. The third-order valence-electron chi connectivity index (χ3n) is 8.09. The van der Waals surface area contributed by atoms with Crippen LogP contribution in [0.5, 0.6) is 0 Å². The van der Waals surface area contributed by atoms with Crippen molar-refractivity contribution in [3.05, 3.63) is 100 Å². The van der Waals surface area contributed by atoms with E-state index in [1.807, 2.05) is 67.6 Å². The van der Waals surface area contributed by atoms with Crippen molar-refractivity contribution in [2.75, 3.05) is 11.4 Å². The summed E-state index contributed by atoms with van der Waals surface area (Å²) in [4.78, 5) is 60.6. The largest absolute Gasteiger partial charge is 0.332 e. The maximum Gasteiger partial charge on any atom is 0.332 e. The van der Waals surface area contributed by atoms with E-state index >= 15 is 0 Å². The van der Waals surface area contributed by atoms with Gasteiger partial charge in [-0.15, -0.1) is 0 Å². The second-order valence-electron chi connectivity index (χ2n) is 10.1. The Bertz CT molecular complexity index is 1470. The smallest absolute Gasteiger partial charge is 0.300 e. The summed E-state index contributed by atoms with van der Waals surface area (Å²) in [5, 5.41) is 0. The number of imide groups is 2. The number of carbonyl (C=O) groups excluding carboxylic acids is 4. The van der Waals surface area contributed by atoms with Gasteiger partial charge in [-0.05, 0) is 43.2 Å². The van der Waals surface area contributed by atoms with Gasteiger partial charge < -0.3 is 4.90 Å². The molecule has 3 aromatic rings. The lowest BCUT2D eigenvalue weighted by atomic mass is 9.75. The molecule has 6 rings (SSSR count). The second-order valence-corrected chi connectivity index (χ2v) is 11.1. The zero-order chi connectivity index (χ0) is 26.8. The fourth-order valence-corrected chi connectivity index (χ4v) is 6.88. The van der Waals surface area contributed by atoms with Gasteiger partial charge in [0.15, 0.2) is 0 Å². The summed E-state index contributed by atoms with van der Waals surface area (Å²) in [6.07, 6.45) is 0.128. The highest BCUT2D eigenvalue weighted by Crippen LogP contribution is 2.59. The normalized spacial score (nSPS) is 26.4. The molecular formula is C30H26BrN3O4. The third kappa shape index (κ3) is 3.32. The topological polar surface area (TPSA) is 78.0 Å². The van der Waals surface area contributed by atoms with Crippen molar-refractivity contribution < 1.29 is 19.2 Å². The van der Waals surface area contributed by atoms with Crippen molar-refractivity contribution in [1.82, 2.24) is 9.80 Å². The summed E-state index contributed by atoms with van der Waals surface area (Å²) in [5.41, 5.74) is 1.45. The minimum atomic E-state index is -1.54. The van der Waals surface area contributed by atoms with Crippen LogP contribution in [0, 0.1) is 18.8 Å². The van der Waals surface area contributed by atoms with E-state index in [0.717, 1.165) is 21.2 Å². The lowest BCUT2D eigenvalue weighted by Crippen LogP contribution is -2.55. The Balaban J connectivity index is 1.61. The number of benzene rings is 3. The van der Waals surface area contributed by atoms with Gasteiger partial charge in [-0.2, -0.15) is 0 Å². The number of nitrogens with zero attached hydrogens (tertiary/aromatic N) is 3. The standard InChI is InChI=1S/C30H26BrN3O4/c1-3-32-26(35)23-24(27(32)36)30(17-19-8-5-4-6-9-19)28(37)33(22-11-7-10-21(31)16-22)29(38)34(30)25(23)20-14-12-18(2)13-15-20/h4-16,23-25H,3,17H2,1-2H3/t23-,24-,25-,30-/m1/s1. The highest BCUT2D eigenvalue weighted by atomic mass is 79.9. The third-order valence-corrected chi connectivity index (χ3v) is 8.59. The highest BCUT2D eigenvalue weighted by Gasteiger charge is 2.77. The molecule has 38 heavy (non-hydrogen) atoms. The Morgan fingerprint density at radius 1 is 0.868 bits per heavy atom. The van der Waals surface area contributed by atoms with E-state index in [1.54, 1.807) is 30.0 Å². The van der Waals surface area contributed by atoms with Crippen molar-refractivity contribution in [1.29, 1.82) is 0 Å². The molecule has 7 nitrogen and oxygen atoms in total. The summed E-state index contributed by atoms with van der Waals surface area (Å²) in [5.74, 6) is -3.03. The van der Waals surface area contributed by atoms with Crippen LogP contribution in [0.2, 0.25) is 0 Å². The molecule has 3 fully saturated rings. The van der Waals surface area contributed by atoms with Gasteiger partial charge in [0.2, 0.25) is 11.8 Å². The molecule has 0 radical (unpaired) electrons. The average molecular weight is 572 g/mol. The summed E-state index contributed by atoms with van der Waals surface area (Å²) in [6, 6.07) is 22.7. The van der Waals surface area contributed by atoms with Gasteiger partial charge in [-0.25, -0.2) is 9.69 Å². The van der Waals surface area contributed by atoms with Gasteiger partial charge in [0.1, 0.15) is 5.54 Å². The minimum Gasteiger partial charge on any atom is -0.300 e. The van der Waals surface area contributed by atoms with Gasteiger partial charge in [0.05, 0.1) is 23.6 Å². The lowest BCUT2D eigenvalue weighted by Gasteiger charge is -2.35. The molecule has 3 saturated heterocycles. The molecule has 0 unspecified atom stereocenters. The molecule has 192 valence electrons. The predicted molar refractivity (Wildman–Crippen MR) is 145 cm³/mol. The van der Waals surface area contributed by atoms with E-state index in [1.165, 1.54) is 9.80 Å². The molecule has 3 heterocycles.